The SMILES string of the molecule is O=C(NCCO)c1cccc(OC/C(Cl)=C/Cl)c1. The van der Waals surface area contributed by atoms with Gasteiger partial charge in [0.25, 0.3) is 5.91 Å². The first kappa shape index (κ1) is 14.8. The minimum atomic E-state index is -0.270. The number of hydrogen-bond acceptors (Lipinski definition) is 3. The van der Waals surface area contributed by atoms with Crippen LogP contribution in [0.1, 0.15) is 10.4 Å². The number of halogens is 2. The van der Waals surface area contributed by atoms with Crippen LogP contribution in [0.4, 0.5) is 0 Å². The average Bonchev–Trinajstić information content (AvgIpc) is 2.42. The molecule has 0 radical (unpaired) electrons. The molecule has 98 valence electrons. The highest BCUT2D eigenvalue weighted by atomic mass is 35.5. The van der Waals surface area contributed by atoms with Crippen molar-refractivity contribution in [1.29, 1.82) is 0 Å². The Kier molecular flexibility index (Phi) is 6.57. The summed E-state index contributed by atoms with van der Waals surface area (Å²) in [6.07, 6.45) is 0. The van der Waals surface area contributed by atoms with E-state index in [1.807, 2.05) is 0 Å². The largest absolute Gasteiger partial charge is 0.488 e. The van der Waals surface area contributed by atoms with Crippen LogP contribution in [0.3, 0.4) is 0 Å². The molecule has 0 fully saturated rings. The molecule has 0 spiro atoms. The van der Waals surface area contributed by atoms with E-state index in [2.05, 4.69) is 5.32 Å². The zero-order valence-corrected chi connectivity index (χ0v) is 11.0. The second-order valence-electron chi connectivity index (χ2n) is 3.35. The molecule has 4 nitrogen and oxygen atoms in total. The third-order valence-electron chi connectivity index (χ3n) is 1.99. The first-order valence-electron chi connectivity index (χ1n) is 5.24. The summed E-state index contributed by atoms with van der Waals surface area (Å²) in [5.41, 5.74) is 1.67. The van der Waals surface area contributed by atoms with Gasteiger partial charge in [-0.05, 0) is 18.2 Å². The minimum Gasteiger partial charge on any atom is -0.488 e. The van der Waals surface area contributed by atoms with E-state index >= 15 is 0 Å². The quantitative estimate of drug-likeness (QED) is 0.843. The molecule has 0 aliphatic rings. The molecule has 0 aliphatic heterocycles. The lowest BCUT2D eigenvalue weighted by atomic mass is 10.2. The van der Waals surface area contributed by atoms with Crippen LogP contribution < -0.4 is 10.1 Å². The van der Waals surface area contributed by atoms with Crippen LogP contribution in [0.5, 0.6) is 5.75 Å². The molecule has 1 amide bonds. The Hall–Kier alpha value is -1.23. The minimum absolute atomic E-state index is 0.0992. The maximum absolute atomic E-state index is 11.6. The summed E-state index contributed by atoms with van der Waals surface area (Å²) in [6.45, 7) is 0.259. The molecular formula is C12H13Cl2NO3. The van der Waals surface area contributed by atoms with Crippen LogP contribution in [0.25, 0.3) is 0 Å². The van der Waals surface area contributed by atoms with E-state index in [9.17, 15) is 4.79 Å². The number of hydrogen-bond donors (Lipinski definition) is 2. The first-order chi connectivity index (χ1) is 8.67. The lowest BCUT2D eigenvalue weighted by Crippen LogP contribution is -2.26. The molecule has 0 heterocycles. The van der Waals surface area contributed by atoms with Crippen molar-refractivity contribution in [2.45, 2.75) is 0 Å². The van der Waals surface area contributed by atoms with Gasteiger partial charge in [-0.3, -0.25) is 4.79 Å². The highest BCUT2D eigenvalue weighted by molar-refractivity contribution is 6.36. The summed E-state index contributed by atoms with van der Waals surface area (Å²) in [4.78, 5) is 11.6. The number of nitrogens with one attached hydrogen (secondary N) is 1. The predicted molar refractivity (Wildman–Crippen MR) is 71.1 cm³/mol. The van der Waals surface area contributed by atoms with Crippen molar-refractivity contribution in [2.75, 3.05) is 19.8 Å². The van der Waals surface area contributed by atoms with Crippen LogP contribution in [0.15, 0.2) is 34.8 Å². The van der Waals surface area contributed by atoms with Gasteiger partial charge >= 0.3 is 0 Å². The zero-order chi connectivity index (χ0) is 13.4. The number of amides is 1. The Morgan fingerprint density at radius 3 is 2.94 bits per heavy atom. The zero-order valence-electron chi connectivity index (χ0n) is 9.53. The number of ether oxygens (including phenoxy) is 1. The molecule has 0 aliphatic carbocycles. The highest BCUT2D eigenvalue weighted by Crippen LogP contribution is 2.15. The van der Waals surface area contributed by atoms with Crippen molar-refractivity contribution in [3.05, 3.63) is 40.4 Å². The lowest BCUT2D eigenvalue weighted by Gasteiger charge is -2.07. The maximum Gasteiger partial charge on any atom is 0.251 e. The summed E-state index contributed by atoms with van der Waals surface area (Å²) in [5.74, 6) is 0.247. The standard InChI is InChI=1S/C12H13Cl2NO3/c13-7-10(14)8-18-11-3-1-2-9(6-11)12(17)15-4-5-16/h1-3,6-7,16H,4-5,8H2,(H,15,17)/b10-7-. The number of aliphatic hydroxyl groups is 1. The van der Waals surface area contributed by atoms with Crippen molar-refractivity contribution in [2.24, 2.45) is 0 Å². The smallest absolute Gasteiger partial charge is 0.251 e. The predicted octanol–water partition coefficient (Wildman–Crippen LogP) is 2.11. The van der Waals surface area contributed by atoms with E-state index in [4.69, 9.17) is 33.0 Å². The maximum atomic E-state index is 11.6. The van der Waals surface area contributed by atoms with Gasteiger partial charge in [0, 0.05) is 17.6 Å². The van der Waals surface area contributed by atoms with Gasteiger partial charge in [-0.25, -0.2) is 0 Å². The summed E-state index contributed by atoms with van der Waals surface area (Å²) in [5, 5.41) is 11.5. The van der Waals surface area contributed by atoms with Crippen LogP contribution in [0.2, 0.25) is 0 Å². The fraction of sp³-hybridized carbons (Fsp3) is 0.250. The normalized spacial score (nSPS) is 11.2. The van der Waals surface area contributed by atoms with Gasteiger partial charge in [0.2, 0.25) is 0 Å². The Balaban J connectivity index is 2.64. The molecule has 1 rings (SSSR count). The van der Waals surface area contributed by atoms with Crippen molar-refractivity contribution < 1.29 is 14.6 Å². The fourth-order valence-corrected chi connectivity index (χ4v) is 1.30. The van der Waals surface area contributed by atoms with E-state index < -0.39 is 0 Å². The number of carbonyl (C=O) groups is 1. The topological polar surface area (TPSA) is 58.6 Å². The molecular weight excluding hydrogens is 277 g/mol. The molecule has 6 heteroatoms. The fourth-order valence-electron chi connectivity index (χ4n) is 1.18. The molecule has 0 aromatic heterocycles. The van der Waals surface area contributed by atoms with E-state index in [-0.39, 0.29) is 25.7 Å². The van der Waals surface area contributed by atoms with Crippen molar-refractivity contribution in [3.63, 3.8) is 0 Å². The molecule has 1 aromatic rings. The van der Waals surface area contributed by atoms with Gasteiger partial charge in [0.1, 0.15) is 12.4 Å². The van der Waals surface area contributed by atoms with Crippen LogP contribution in [-0.2, 0) is 0 Å². The van der Waals surface area contributed by atoms with Gasteiger partial charge < -0.3 is 15.2 Å². The third-order valence-corrected chi connectivity index (χ3v) is 2.58. The average molecular weight is 290 g/mol. The number of benzene rings is 1. The van der Waals surface area contributed by atoms with Crippen molar-refractivity contribution in [1.82, 2.24) is 5.32 Å². The summed E-state index contributed by atoms with van der Waals surface area (Å²) >= 11 is 11.1. The van der Waals surface area contributed by atoms with Gasteiger partial charge in [-0.2, -0.15) is 0 Å². The summed E-state index contributed by atoms with van der Waals surface area (Å²) < 4.78 is 5.34. The molecule has 1 aromatic carbocycles. The molecule has 0 unspecified atom stereocenters. The molecule has 18 heavy (non-hydrogen) atoms. The molecule has 2 N–H and O–H groups in total. The summed E-state index contributed by atoms with van der Waals surface area (Å²) in [7, 11) is 0. The second-order valence-corrected chi connectivity index (χ2v) is 4.06. The van der Waals surface area contributed by atoms with E-state index in [1.54, 1.807) is 24.3 Å². The lowest BCUT2D eigenvalue weighted by molar-refractivity contribution is 0.0944. The van der Waals surface area contributed by atoms with Gasteiger partial charge in [-0.15, -0.1) is 0 Å². The third kappa shape index (κ3) is 4.96. The second kappa shape index (κ2) is 7.97. The summed E-state index contributed by atoms with van der Waals surface area (Å²) in [6, 6.07) is 6.65. The van der Waals surface area contributed by atoms with E-state index in [1.165, 1.54) is 5.54 Å². The first-order valence-corrected chi connectivity index (χ1v) is 6.05. The Morgan fingerprint density at radius 1 is 1.50 bits per heavy atom. The monoisotopic (exact) mass is 289 g/mol. The Morgan fingerprint density at radius 2 is 2.28 bits per heavy atom. The molecule has 0 saturated heterocycles. The number of rotatable bonds is 6. The van der Waals surface area contributed by atoms with Crippen LogP contribution in [0, 0.1) is 0 Å². The molecule has 0 bridgehead atoms. The Labute approximate surface area is 115 Å². The molecule has 0 atom stereocenters. The van der Waals surface area contributed by atoms with E-state index in [0.29, 0.717) is 16.3 Å². The van der Waals surface area contributed by atoms with Crippen molar-refractivity contribution in [3.8, 4) is 5.75 Å². The Bertz CT molecular complexity index is 435. The molecule has 0 saturated carbocycles. The number of aliphatic hydroxyl groups excluding tert-OH is 1. The number of carbonyl (C=O) groups excluding carboxylic acids is 1. The van der Waals surface area contributed by atoms with Gasteiger partial charge in [0.05, 0.1) is 11.6 Å². The van der Waals surface area contributed by atoms with Gasteiger partial charge in [0.15, 0.2) is 0 Å². The highest BCUT2D eigenvalue weighted by Gasteiger charge is 2.06. The van der Waals surface area contributed by atoms with Crippen LogP contribution in [-0.4, -0.2) is 30.8 Å². The van der Waals surface area contributed by atoms with Crippen LogP contribution >= 0.6 is 23.2 Å². The van der Waals surface area contributed by atoms with Gasteiger partial charge in [-0.1, -0.05) is 29.3 Å². The van der Waals surface area contributed by atoms with Crippen molar-refractivity contribution >= 4 is 29.1 Å². The van der Waals surface area contributed by atoms with E-state index in [0.717, 1.165) is 0 Å².